The summed E-state index contributed by atoms with van der Waals surface area (Å²) in [7, 11) is 1.75. The molecule has 2 atom stereocenters. The van der Waals surface area contributed by atoms with Gasteiger partial charge >= 0.3 is 0 Å². The molecule has 0 heterocycles. The first-order chi connectivity index (χ1) is 9.69. The normalized spacial score (nSPS) is 22.4. The molecule has 3 nitrogen and oxygen atoms in total. The monoisotopic (exact) mass is 276 g/mol. The molecule has 2 unspecified atom stereocenters. The fourth-order valence-electron chi connectivity index (χ4n) is 3.49. The molecular formula is C17H28N2O. The van der Waals surface area contributed by atoms with Gasteiger partial charge in [-0.25, -0.2) is 0 Å². The standard InChI is InChI=1S/C17H28N2O/c1-4-19(16-7-5-6-14(16)11-18)12-15-10-13(2)8-9-17(15)20-3/h8-10,14,16H,4-7,11-12,18H2,1-3H3. The van der Waals surface area contributed by atoms with Gasteiger partial charge in [0.2, 0.25) is 0 Å². The number of rotatable bonds is 6. The average molecular weight is 276 g/mol. The van der Waals surface area contributed by atoms with Gasteiger partial charge in [0.25, 0.3) is 0 Å². The number of hydrogen-bond donors (Lipinski definition) is 1. The van der Waals surface area contributed by atoms with Gasteiger partial charge in [0, 0.05) is 18.2 Å². The smallest absolute Gasteiger partial charge is 0.123 e. The van der Waals surface area contributed by atoms with Crippen molar-refractivity contribution in [2.75, 3.05) is 20.2 Å². The van der Waals surface area contributed by atoms with Gasteiger partial charge in [-0.3, -0.25) is 4.90 Å². The molecule has 112 valence electrons. The van der Waals surface area contributed by atoms with Crippen molar-refractivity contribution in [2.24, 2.45) is 11.7 Å². The van der Waals surface area contributed by atoms with Crippen molar-refractivity contribution in [1.29, 1.82) is 0 Å². The summed E-state index contributed by atoms with van der Waals surface area (Å²) >= 11 is 0. The number of hydrogen-bond acceptors (Lipinski definition) is 3. The molecule has 1 aliphatic carbocycles. The molecule has 2 rings (SSSR count). The molecule has 20 heavy (non-hydrogen) atoms. The lowest BCUT2D eigenvalue weighted by molar-refractivity contribution is 0.160. The maximum Gasteiger partial charge on any atom is 0.123 e. The summed E-state index contributed by atoms with van der Waals surface area (Å²) in [5.41, 5.74) is 8.52. The molecule has 1 saturated carbocycles. The Bertz CT molecular complexity index is 433. The molecule has 0 saturated heterocycles. The Morgan fingerprint density at radius 3 is 2.80 bits per heavy atom. The summed E-state index contributed by atoms with van der Waals surface area (Å²) in [4.78, 5) is 2.57. The van der Waals surface area contributed by atoms with Crippen molar-refractivity contribution >= 4 is 0 Å². The zero-order valence-electron chi connectivity index (χ0n) is 13.1. The van der Waals surface area contributed by atoms with Crippen LogP contribution in [-0.2, 0) is 6.54 Å². The minimum Gasteiger partial charge on any atom is -0.496 e. The van der Waals surface area contributed by atoms with Crippen molar-refractivity contribution in [3.05, 3.63) is 29.3 Å². The van der Waals surface area contributed by atoms with E-state index in [-0.39, 0.29) is 0 Å². The van der Waals surface area contributed by atoms with Crippen LogP contribution in [0, 0.1) is 12.8 Å². The van der Waals surface area contributed by atoms with E-state index in [1.165, 1.54) is 30.4 Å². The second-order valence-corrected chi connectivity index (χ2v) is 5.87. The van der Waals surface area contributed by atoms with Crippen LogP contribution in [0.1, 0.15) is 37.3 Å². The van der Waals surface area contributed by atoms with E-state index in [2.05, 4.69) is 36.9 Å². The lowest BCUT2D eigenvalue weighted by Gasteiger charge is -2.32. The third-order valence-corrected chi connectivity index (χ3v) is 4.61. The van der Waals surface area contributed by atoms with Gasteiger partial charge in [-0.15, -0.1) is 0 Å². The largest absolute Gasteiger partial charge is 0.496 e. The third-order valence-electron chi connectivity index (χ3n) is 4.61. The van der Waals surface area contributed by atoms with E-state index < -0.39 is 0 Å². The number of nitrogens with zero attached hydrogens (tertiary/aromatic N) is 1. The van der Waals surface area contributed by atoms with Crippen molar-refractivity contribution < 1.29 is 4.74 Å². The molecule has 2 N–H and O–H groups in total. The molecule has 0 aliphatic heterocycles. The van der Waals surface area contributed by atoms with Gasteiger partial charge in [-0.05, 0) is 44.8 Å². The second kappa shape index (κ2) is 7.09. The van der Waals surface area contributed by atoms with Gasteiger partial charge in [0.15, 0.2) is 0 Å². The van der Waals surface area contributed by atoms with Gasteiger partial charge in [-0.2, -0.15) is 0 Å². The number of ether oxygens (including phenoxy) is 1. The van der Waals surface area contributed by atoms with Crippen LogP contribution in [0.4, 0.5) is 0 Å². The topological polar surface area (TPSA) is 38.5 Å². The van der Waals surface area contributed by atoms with E-state index in [0.29, 0.717) is 12.0 Å². The molecule has 0 aromatic heterocycles. The minimum absolute atomic E-state index is 0.634. The van der Waals surface area contributed by atoms with E-state index >= 15 is 0 Å². The first kappa shape index (κ1) is 15.3. The quantitative estimate of drug-likeness (QED) is 0.868. The first-order valence-corrected chi connectivity index (χ1v) is 7.77. The highest BCUT2D eigenvalue weighted by Gasteiger charge is 2.30. The maximum absolute atomic E-state index is 5.94. The lowest BCUT2D eigenvalue weighted by atomic mass is 10.0. The van der Waals surface area contributed by atoms with Crippen LogP contribution in [0.15, 0.2) is 18.2 Å². The Morgan fingerprint density at radius 1 is 1.35 bits per heavy atom. The molecule has 1 fully saturated rings. The Balaban J connectivity index is 2.15. The first-order valence-electron chi connectivity index (χ1n) is 7.77. The summed E-state index contributed by atoms with van der Waals surface area (Å²) < 4.78 is 5.51. The summed E-state index contributed by atoms with van der Waals surface area (Å²) in [5.74, 6) is 1.65. The van der Waals surface area contributed by atoms with Gasteiger partial charge in [0.1, 0.15) is 5.75 Å². The summed E-state index contributed by atoms with van der Waals surface area (Å²) in [6.07, 6.45) is 3.88. The molecular weight excluding hydrogens is 248 g/mol. The van der Waals surface area contributed by atoms with Crippen LogP contribution < -0.4 is 10.5 Å². The van der Waals surface area contributed by atoms with Gasteiger partial charge in [-0.1, -0.05) is 31.0 Å². The van der Waals surface area contributed by atoms with Crippen molar-refractivity contribution in [3.8, 4) is 5.75 Å². The summed E-state index contributed by atoms with van der Waals surface area (Å²) in [6, 6.07) is 7.06. The lowest BCUT2D eigenvalue weighted by Crippen LogP contribution is -2.39. The zero-order valence-corrected chi connectivity index (χ0v) is 13.1. The van der Waals surface area contributed by atoms with E-state index in [1.54, 1.807) is 7.11 Å². The second-order valence-electron chi connectivity index (χ2n) is 5.87. The van der Waals surface area contributed by atoms with Crippen LogP contribution in [-0.4, -0.2) is 31.1 Å². The van der Waals surface area contributed by atoms with Crippen LogP contribution in [0.2, 0.25) is 0 Å². The van der Waals surface area contributed by atoms with Crippen molar-refractivity contribution in [3.63, 3.8) is 0 Å². The molecule has 1 aromatic carbocycles. The fourth-order valence-corrected chi connectivity index (χ4v) is 3.49. The Labute approximate surface area is 123 Å². The highest BCUT2D eigenvalue weighted by molar-refractivity contribution is 5.36. The van der Waals surface area contributed by atoms with E-state index in [9.17, 15) is 0 Å². The number of nitrogens with two attached hydrogens (primary N) is 1. The number of methoxy groups -OCH3 is 1. The predicted octanol–water partition coefficient (Wildman–Crippen LogP) is 2.95. The molecule has 0 bridgehead atoms. The van der Waals surface area contributed by atoms with Crippen LogP contribution in [0.3, 0.4) is 0 Å². The average Bonchev–Trinajstić information content (AvgIpc) is 2.93. The minimum atomic E-state index is 0.634. The molecule has 0 amide bonds. The molecule has 0 spiro atoms. The SMILES string of the molecule is CCN(Cc1cc(C)ccc1OC)C1CCCC1CN. The summed E-state index contributed by atoms with van der Waals surface area (Å²) in [6.45, 7) is 7.22. The Kier molecular flexibility index (Phi) is 5.44. The van der Waals surface area contributed by atoms with Crippen molar-refractivity contribution in [1.82, 2.24) is 4.90 Å². The Hall–Kier alpha value is -1.06. The van der Waals surface area contributed by atoms with Crippen LogP contribution in [0.5, 0.6) is 5.75 Å². The highest BCUT2D eigenvalue weighted by Crippen LogP contribution is 2.31. The highest BCUT2D eigenvalue weighted by atomic mass is 16.5. The van der Waals surface area contributed by atoms with E-state index in [1.807, 2.05) is 0 Å². The Morgan fingerprint density at radius 2 is 2.15 bits per heavy atom. The molecule has 1 aromatic rings. The van der Waals surface area contributed by atoms with Gasteiger partial charge in [0.05, 0.1) is 7.11 Å². The molecule has 3 heteroatoms. The zero-order chi connectivity index (χ0) is 14.5. The molecule has 1 aliphatic rings. The van der Waals surface area contributed by atoms with Crippen LogP contribution in [0.25, 0.3) is 0 Å². The number of aryl methyl sites for hydroxylation is 1. The van der Waals surface area contributed by atoms with Crippen molar-refractivity contribution in [2.45, 2.75) is 45.7 Å². The predicted molar refractivity (Wildman–Crippen MR) is 84.0 cm³/mol. The summed E-state index contributed by atoms with van der Waals surface area (Å²) in [5, 5.41) is 0. The van der Waals surface area contributed by atoms with Crippen LogP contribution >= 0.6 is 0 Å². The fraction of sp³-hybridized carbons (Fsp3) is 0.647. The van der Waals surface area contributed by atoms with E-state index in [0.717, 1.165) is 25.4 Å². The van der Waals surface area contributed by atoms with Gasteiger partial charge < -0.3 is 10.5 Å². The molecule has 0 radical (unpaired) electrons. The maximum atomic E-state index is 5.94. The van der Waals surface area contributed by atoms with E-state index in [4.69, 9.17) is 10.5 Å². The number of benzene rings is 1. The third kappa shape index (κ3) is 3.33.